The number of aryl methyl sites for hydroxylation is 1. The molecular weight excluding hydrogens is 336 g/mol. The third-order valence-electron chi connectivity index (χ3n) is 3.71. The van der Waals surface area contributed by atoms with E-state index in [-0.39, 0.29) is 5.91 Å². The minimum Gasteiger partial charge on any atom is -0.491 e. The largest absolute Gasteiger partial charge is 0.491 e. The Morgan fingerprint density at radius 2 is 2.12 bits per heavy atom. The number of hydrogen-bond acceptors (Lipinski definition) is 5. The molecule has 0 fully saturated rings. The minimum atomic E-state index is -0.132. The number of thiophene rings is 1. The average Bonchev–Trinajstić information content (AvgIpc) is 2.96. The van der Waals surface area contributed by atoms with E-state index in [1.165, 1.54) is 11.3 Å². The third kappa shape index (κ3) is 4.15. The van der Waals surface area contributed by atoms with E-state index in [2.05, 4.69) is 10.3 Å². The van der Waals surface area contributed by atoms with Crippen molar-refractivity contribution in [1.29, 1.82) is 0 Å². The highest BCUT2D eigenvalue weighted by Crippen LogP contribution is 2.29. The Labute approximate surface area is 150 Å². The van der Waals surface area contributed by atoms with Crippen molar-refractivity contribution in [2.75, 3.05) is 25.1 Å². The second kappa shape index (κ2) is 8.09. The van der Waals surface area contributed by atoms with Crippen LogP contribution in [0.3, 0.4) is 0 Å². The van der Waals surface area contributed by atoms with E-state index in [4.69, 9.17) is 9.47 Å². The van der Waals surface area contributed by atoms with Crippen LogP contribution in [0.25, 0.3) is 10.2 Å². The molecular formula is C19H20N2O3S. The maximum absolute atomic E-state index is 12.6. The number of ether oxygens (including phenoxy) is 2. The number of carbonyl (C=O) groups excluding carboxylic acids is 1. The van der Waals surface area contributed by atoms with Crippen molar-refractivity contribution in [3.8, 4) is 5.75 Å². The first kappa shape index (κ1) is 17.4. The van der Waals surface area contributed by atoms with Crippen molar-refractivity contribution in [2.24, 2.45) is 0 Å². The van der Waals surface area contributed by atoms with Gasteiger partial charge < -0.3 is 14.8 Å². The predicted octanol–water partition coefficient (Wildman–Crippen LogP) is 4.27. The van der Waals surface area contributed by atoms with Crippen LogP contribution < -0.4 is 10.1 Å². The van der Waals surface area contributed by atoms with Crippen molar-refractivity contribution in [2.45, 2.75) is 13.8 Å². The summed E-state index contributed by atoms with van der Waals surface area (Å²) < 4.78 is 10.9. The molecule has 0 aliphatic heterocycles. The van der Waals surface area contributed by atoms with Crippen LogP contribution in [0.1, 0.15) is 22.2 Å². The fraction of sp³-hybridized carbons (Fsp3) is 0.263. The van der Waals surface area contributed by atoms with Crippen molar-refractivity contribution < 1.29 is 14.3 Å². The Morgan fingerprint density at radius 3 is 2.92 bits per heavy atom. The van der Waals surface area contributed by atoms with E-state index >= 15 is 0 Å². The maximum Gasteiger partial charge on any atom is 0.266 e. The standard InChI is InChI=1S/C19H20N2O3S/c1-3-23-10-11-24-15-7-4-6-14(12-15)21-18(22)17-13(2)16-8-5-9-20-19(16)25-17/h4-9,12H,3,10-11H2,1-2H3,(H,21,22). The van der Waals surface area contributed by atoms with Gasteiger partial charge in [0.25, 0.3) is 5.91 Å². The quantitative estimate of drug-likeness (QED) is 0.642. The summed E-state index contributed by atoms with van der Waals surface area (Å²) in [5.74, 6) is 0.569. The van der Waals surface area contributed by atoms with E-state index in [9.17, 15) is 4.79 Å². The lowest BCUT2D eigenvalue weighted by Crippen LogP contribution is -2.11. The van der Waals surface area contributed by atoms with Gasteiger partial charge >= 0.3 is 0 Å². The van der Waals surface area contributed by atoms with Crippen molar-refractivity contribution >= 4 is 33.1 Å². The molecule has 0 bridgehead atoms. The summed E-state index contributed by atoms with van der Waals surface area (Å²) in [6.07, 6.45) is 1.74. The molecule has 1 N–H and O–H groups in total. The lowest BCUT2D eigenvalue weighted by molar-refractivity contribution is 0.102. The molecule has 0 spiro atoms. The lowest BCUT2D eigenvalue weighted by Gasteiger charge is -2.09. The molecule has 0 atom stereocenters. The van der Waals surface area contributed by atoms with Crippen LogP contribution >= 0.6 is 11.3 Å². The van der Waals surface area contributed by atoms with Gasteiger partial charge in [0.2, 0.25) is 0 Å². The van der Waals surface area contributed by atoms with E-state index < -0.39 is 0 Å². The molecule has 0 unspecified atom stereocenters. The van der Waals surface area contributed by atoms with E-state index in [0.717, 1.165) is 15.8 Å². The summed E-state index contributed by atoms with van der Waals surface area (Å²) in [4.78, 5) is 18.5. The van der Waals surface area contributed by atoms with Gasteiger partial charge in [-0.1, -0.05) is 12.1 Å². The third-order valence-corrected chi connectivity index (χ3v) is 4.93. The number of rotatable bonds is 7. The Morgan fingerprint density at radius 1 is 1.24 bits per heavy atom. The fourth-order valence-electron chi connectivity index (χ4n) is 2.48. The number of anilines is 1. The molecule has 0 saturated carbocycles. The molecule has 3 rings (SSSR count). The topological polar surface area (TPSA) is 60.5 Å². The van der Waals surface area contributed by atoms with Gasteiger partial charge in [0, 0.05) is 29.9 Å². The summed E-state index contributed by atoms with van der Waals surface area (Å²) in [7, 11) is 0. The molecule has 6 heteroatoms. The Bertz CT molecular complexity index is 876. The second-order valence-corrected chi connectivity index (χ2v) is 6.44. The van der Waals surface area contributed by atoms with Gasteiger partial charge in [0.05, 0.1) is 11.5 Å². The number of amides is 1. The molecule has 3 aromatic rings. The first-order chi connectivity index (χ1) is 12.2. The minimum absolute atomic E-state index is 0.132. The molecule has 0 aliphatic rings. The van der Waals surface area contributed by atoms with Crippen molar-refractivity contribution in [1.82, 2.24) is 4.98 Å². The average molecular weight is 356 g/mol. The zero-order valence-corrected chi connectivity index (χ0v) is 15.1. The van der Waals surface area contributed by atoms with Crippen LogP contribution in [0.4, 0.5) is 5.69 Å². The highest BCUT2D eigenvalue weighted by Gasteiger charge is 2.16. The summed E-state index contributed by atoms with van der Waals surface area (Å²) in [6.45, 7) is 5.58. The van der Waals surface area contributed by atoms with Gasteiger partial charge in [0.15, 0.2) is 0 Å². The van der Waals surface area contributed by atoms with E-state index in [1.54, 1.807) is 6.20 Å². The molecule has 1 amide bonds. The number of hydrogen-bond donors (Lipinski definition) is 1. The second-order valence-electron chi connectivity index (χ2n) is 5.44. The molecule has 25 heavy (non-hydrogen) atoms. The summed E-state index contributed by atoms with van der Waals surface area (Å²) in [5.41, 5.74) is 1.65. The van der Waals surface area contributed by atoms with Gasteiger partial charge in [-0.3, -0.25) is 4.79 Å². The highest BCUT2D eigenvalue weighted by atomic mass is 32.1. The fourth-order valence-corrected chi connectivity index (χ4v) is 3.53. The van der Waals surface area contributed by atoms with Gasteiger partial charge in [-0.2, -0.15) is 0 Å². The summed E-state index contributed by atoms with van der Waals surface area (Å²) in [6, 6.07) is 11.2. The number of aromatic nitrogens is 1. The molecule has 5 nitrogen and oxygen atoms in total. The van der Waals surface area contributed by atoms with Gasteiger partial charge in [-0.25, -0.2) is 4.98 Å². The monoisotopic (exact) mass is 356 g/mol. The van der Waals surface area contributed by atoms with Crippen LogP contribution in [0.2, 0.25) is 0 Å². The zero-order valence-electron chi connectivity index (χ0n) is 14.2. The molecule has 0 radical (unpaired) electrons. The van der Waals surface area contributed by atoms with Crippen LogP contribution in [0.15, 0.2) is 42.6 Å². The normalized spacial score (nSPS) is 10.8. The van der Waals surface area contributed by atoms with Crippen LogP contribution in [0, 0.1) is 6.92 Å². The Kier molecular flexibility index (Phi) is 5.63. The molecule has 0 saturated heterocycles. The first-order valence-corrected chi connectivity index (χ1v) is 8.96. The first-order valence-electron chi connectivity index (χ1n) is 8.15. The Hall–Kier alpha value is -2.44. The highest BCUT2D eigenvalue weighted by molar-refractivity contribution is 7.20. The van der Waals surface area contributed by atoms with E-state index in [0.29, 0.717) is 36.1 Å². The smallest absolute Gasteiger partial charge is 0.266 e. The number of nitrogens with one attached hydrogen (secondary N) is 1. The van der Waals surface area contributed by atoms with Crippen LogP contribution in [-0.2, 0) is 4.74 Å². The number of nitrogens with zero attached hydrogens (tertiary/aromatic N) is 1. The molecule has 2 heterocycles. The van der Waals surface area contributed by atoms with Gasteiger partial charge in [0.1, 0.15) is 17.2 Å². The zero-order chi connectivity index (χ0) is 17.6. The van der Waals surface area contributed by atoms with Crippen LogP contribution in [-0.4, -0.2) is 30.7 Å². The summed E-state index contributed by atoms with van der Waals surface area (Å²) >= 11 is 1.40. The molecule has 1 aromatic carbocycles. The van der Waals surface area contributed by atoms with Crippen molar-refractivity contribution in [3.05, 3.63) is 53.0 Å². The van der Waals surface area contributed by atoms with E-state index in [1.807, 2.05) is 50.2 Å². The molecule has 2 aromatic heterocycles. The van der Waals surface area contributed by atoms with Gasteiger partial charge in [-0.05, 0) is 37.6 Å². The number of fused-ring (bicyclic) bond motifs is 1. The van der Waals surface area contributed by atoms with Gasteiger partial charge in [-0.15, -0.1) is 11.3 Å². The number of carbonyl (C=O) groups is 1. The molecule has 130 valence electrons. The lowest BCUT2D eigenvalue weighted by atomic mass is 10.2. The van der Waals surface area contributed by atoms with Crippen LogP contribution in [0.5, 0.6) is 5.75 Å². The Balaban J connectivity index is 1.71. The van der Waals surface area contributed by atoms with Crippen molar-refractivity contribution in [3.63, 3.8) is 0 Å². The summed E-state index contributed by atoms with van der Waals surface area (Å²) in [5, 5.41) is 3.95. The maximum atomic E-state index is 12.6. The number of benzene rings is 1. The SMILES string of the molecule is CCOCCOc1cccc(NC(=O)c2sc3ncccc3c2C)c1. The molecule has 0 aliphatic carbocycles. The number of pyridine rings is 1. The predicted molar refractivity (Wildman–Crippen MR) is 101 cm³/mol.